The van der Waals surface area contributed by atoms with E-state index in [-0.39, 0.29) is 0 Å². The van der Waals surface area contributed by atoms with E-state index in [9.17, 15) is 0 Å². The second-order valence-electron chi connectivity index (χ2n) is 4.63. The number of hydrogen-bond donors (Lipinski definition) is 1. The van der Waals surface area contributed by atoms with E-state index in [0.717, 1.165) is 28.6 Å². The molecule has 0 atom stereocenters. The zero-order valence-electron chi connectivity index (χ0n) is 10.0. The molecule has 1 aliphatic rings. The first-order valence-electron chi connectivity index (χ1n) is 5.90. The molecule has 0 bridgehead atoms. The van der Waals surface area contributed by atoms with E-state index < -0.39 is 0 Å². The van der Waals surface area contributed by atoms with Crippen LogP contribution in [0.1, 0.15) is 24.4 Å². The van der Waals surface area contributed by atoms with Gasteiger partial charge in [-0.25, -0.2) is 0 Å². The van der Waals surface area contributed by atoms with Crippen molar-refractivity contribution in [3.05, 3.63) is 28.5 Å². The summed E-state index contributed by atoms with van der Waals surface area (Å²) < 4.78 is 8.14. The van der Waals surface area contributed by atoms with Crippen molar-refractivity contribution < 1.29 is 4.74 Å². The van der Waals surface area contributed by atoms with E-state index in [1.165, 1.54) is 0 Å². The van der Waals surface area contributed by atoms with Crippen molar-refractivity contribution >= 4 is 23.3 Å². The molecule has 0 unspecified atom stereocenters. The zero-order valence-corrected chi connectivity index (χ0v) is 10.8. The van der Waals surface area contributed by atoms with E-state index >= 15 is 0 Å². The number of fused-ring (bicyclic) bond motifs is 1. The van der Waals surface area contributed by atoms with Gasteiger partial charge >= 0.3 is 0 Å². The van der Waals surface area contributed by atoms with Gasteiger partial charge in [0.05, 0.1) is 28.8 Å². The summed E-state index contributed by atoms with van der Waals surface area (Å²) in [4.78, 5) is 3.19. The summed E-state index contributed by atoms with van der Waals surface area (Å²) in [5.74, 6) is 0. The van der Waals surface area contributed by atoms with Crippen molar-refractivity contribution in [1.29, 1.82) is 5.26 Å². The van der Waals surface area contributed by atoms with E-state index in [4.69, 9.17) is 22.2 Å². The van der Waals surface area contributed by atoms with Crippen molar-refractivity contribution in [2.75, 3.05) is 7.11 Å². The molecule has 1 heterocycles. The number of aromatic amines is 1. The Balaban J connectivity index is 2.08. The van der Waals surface area contributed by atoms with E-state index in [1.54, 1.807) is 13.2 Å². The number of nitriles is 1. The number of H-pyrrole nitrogens is 1. The second-order valence-corrected chi connectivity index (χ2v) is 5.01. The van der Waals surface area contributed by atoms with Crippen molar-refractivity contribution in [1.82, 2.24) is 9.55 Å². The number of nitrogens with one attached hydrogen (secondary N) is 1. The molecular formula is C13H13N3OS. The average molecular weight is 259 g/mol. The number of ether oxygens (including phenoxy) is 1. The lowest BCUT2D eigenvalue weighted by molar-refractivity contribution is 0.00698. The van der Waals surface area contributed by atoms with Gasteiger partial charge in [0.25, 0.3) is 0 Å². The lowest BCUT2D eigenvalue weighted by Crippen LogP contribution is -2.32. The van der Waals surface area contributed by atoms with Crippen LogP contribution in [0.15, 0.2) is 18.2 Å². The van der Waals surface area contributed by atoms with Crippen LogP contribution in [-0.4, -0.2) is 22.8 Å². The first-order valence-corrected chi connectivity index (χ1v) is 6.31. The average Bonchev–Trinajstić information content (AvgIpc) is 2.64. The van der Waals surface area contributed by atoms with Gasteiger partial charge < -0.3 is 14.3 Å². The molecule has 0 radical (unpaired) electrons. The van der Waals surface area contributed by atoms with E-state index in [2.05, 4.69) is 15.6 Å². The van der Waals surface area contributed by atoms with Crippen LogP contribution in [0.5, 0.6) is 0 Å². The van der Waals surface area contributed by atoms with Crippen molar-refractivity contribution in [3.63, 3.8) is 0 Å². The quantitative estimate of drug-likeness (QED) is 0.844. The second kappa shape index (κ2) is 4.23. The minimum Gasteiger partial charge on any atom is -0.381 e. The minimum atomic E-state index is 0.334. The number of imidazole rings is 1. The highest BCUT2D eigenvalue weighted by molar-refractivity contribution is 7.71. The maximum atomic E-state index is 8.97. The molecule has 1 aromatic carbocycles. The Morgan fingerprint density at radius 2 is 2.28 bits per heavy atom. The van der Waals surface area contributed by atoms with Crippen molar-refractivity contribution in [2.24, 2.45) is 0 Å². The summed E-state index contributed by atoms with van der Waals surface area (Å²) in [6, 6.07) is 8.15. The number of benzene rings is 1. The molecule has 1 fully saturated rings. The Bertz CT molecular complexity index is 688. The Kier molecular flexibility index (Phi) is 2.69. The van der Waals surface area contributed by atoms with Crippen LogP contribution < -0.4 is 0 Å². The number of methoxy groups -OCH3 is 1. The van der Waals surface area contributed by atoms with E-state index in [0.29, 0.717) is 17.7 Å². The number of hydrogen-bond acceptors (Lipinski definition) is 3. The maximum absolute atomic E-state index is 8.97. The van der Waals surface area contributed by atoms with Gasteiger partial charge in [-0.3, -0.25) is 0 Å². The largest absolute Gasteiger partial charge is 0.381 e. The van der Waals surface area contributed by atoms with Crippen molar-refractivity contribution in [3.8, 4) is 6.07 Å². The number of rotatable bonds is 2. The van der Waals surface area contributed by atoms with Crippen LogP contribution in [0.2, 0.25) is 0 Å². The molecule has 1 aromatic heterocycles. The predicted octanol–water partition coefficient (Wildman–Crippen LogP) is 2.92. The van der Waals surface area contributed by atoms with Gasteiger partial charge in [0.15, 0.2) is 4.77 Å². The first kappa shape index (κ1) is 11.5. The third-order valence-electron chi connectivity index (χ3n) is 3.62. The molecule has 0 spiro atoms. The van der Waals surface area contributed by atoms with Crippen LogP contribution in [0.25, 0.3) is 11.0 Å². The number of aromatic nitrogens is 2. The van der Waals surface area contributed by atoms with Crippen LogP contribution in [-0.2, 0) is 4.74 Å². The molecule has 5 heteroatoms. The summed E-state index contributed by atoms with van der Waals surface area (Å²) >= 11 is 5.37. The van der Waals surface area contributed by atoms with Gasteiger partial charge in [0, 0.05) is 13.2 Å². The Morgan fingerprint density at radius 1 is 1.50 bits per heavy atom. The smallest absolute Gasteiger partial charge is 0.178 e. The SMILES string of the molecule is COC1CC(n2c(=S)[nH]c3ccc(C#N)cc32)C1. The predicted molar refractivity (Wildman–Crippen MR) is 70.9 cm³/mol. The fraction of sp³-hybridized carbons (Fsp3) is 0.385. The summed E-state index contributed by atoms with van der Waals surface area (Å²) in [5, 5.41) is 8.97. The fourth-order valence-electron chi connectivity index (χ4n) is 2.49. The highest BCUT2D eigenvalue weighted by Crippen LogP contribution is 2.36. The van der Waals surface area contributed by atoms with Gasteiger partial charge in [0.1, 0.15) is 0 Å². The summed E-state index contributed by atoms with van der Waals surface area (Å²) in [7, 11) is 1.74. The highest BCUT2D eigenvalue weighted by atomic mass is 32.1. The fourth-order valence-corrected chi connectivity index (χ4v) is 2.85. The summed E-state index contributed by atoms with van der Waals surface area (Å²) in [5.41, 5.74) is 2.66. The molecule has 1 saturated carbocycles. The van der Waals surface area contributed by atoms with Crippen LogP contribution in [0, 0.1) is 16.1 Å². The molecule has 1 aliphatic carbocycles. The summed E-state index contributed by atoms with van der Waals surface area (Å²) in [6.45, 7) is 0. The molecule has 2 aromatic rings. The molecule has 0 amide bonds. The molecule has 18 heavy (non-hydrogen) atoms. The molecule has 0 saturated heterocycles. The van der Waals surface area contributed by atoms with Crippen molar-refractivity contribution in [2.45, 2.75) is 25.0 Å². The van der Waals surface area contributed by atoms with Crippen LogP contribution in [0.4, 0.5) is 0 Å². The van der Waals surface area contributed by atoms with Gasteiger partial charge in [-0.1, -0.05) is 0 Å². The third-order valence-corrected chi connectivity index (χ3v) is 3.91. The maximum Gasteiger partial charge on any atom is 0.178 e. The zero-order chi connectivity index (χ0) is 12.7. The third kappa shape index (κ3) is 1.65. The lowest BCUT2D eigenvalue weighted by atomic mass is 9.89. The van der Waals surface area contributed by atoms with Gasteiger partial charge in [-0.2, -0.15) is 5.26 Å². The molecule has 3 rings (SSSR count). The summed E-state index contributed by atoms with van der Waals surface area (Å²) in [6.07, 6.45) is 2.30. The molecule has 4 nitrogen and oxygen atoms in total. The molecule has 92 valence electrons. The Hall–Kier alpha value is -1.64. The lowest BCUT2D eigenvalue weighted by Gasteiger charge is -2.35. The van der Waals surface area contributed by atoms with Crippen LogP contribution >= 0.6 is 12.2 Å². The van der Waals surface area contributed by atoms with Gasteiger partial charge in [-0.15, -0.1) is 0 Å². The standard InChI is InChI=1S/C13H13N3OS/c1-17-10-5-9(6-10)16-12-4-8(7-14)2-3-11(12)15-13(16)18/h2-4,9-10H,5-6H2,1H3,(H,15,18). The molecule has 1 N–H and O–H groups in total. The topological polar surface area (TPSA) is 53.7 Å². The Labute approximate surface area is 110 Å². The minimum absolute atomic E-state index is 0.334. The van der Waals surface area contributed by atoms with Gasteiger partial charge in [0.2, 0.25) is 0 Å². The molecule has 0 aliphatic heterocycles. The highest BCUT2D eigenvalue weighted by Gasteiger charge is 2.31. The monoisotopic (exact) mass is 259 g/mol. The first-order chi connectivity index (χ1) is 8.72. The van der Waals surface area contributed by atoms with Gasteiger partial charge in [-0.05, 0) is 43.3 Å². The van der Waals surface area contributed by atoms with Crippen LogP contribution in [0.3, 0.4) is 0 Å². The Morgan fingerprint density at radius 3 is 2.94 bits per heavy atom. The molecular weight excluding hydrogens is 246 g/mol. The van der Waals surface area contributed by atoms with E-state index in [1.807, 2.05) is 12.1 Å². The normalized spacial score (nSPS) is 22.7. The number of nitrogens with zero attached hydrogens (tertiary/aromatic N) is 2.